The van der Waals surface area contributed by atoms with Crippen LogP contribution in [0.3, 0.4) is 0 Å². The van der Waals surface area contributed by atoms with E-state index < -0.39 is 31.3 Å². The van der Waals surface area contributed by atoms with E-state index in [1.54, 1.807) is 18.2 Å². The van der Waals surface area contributed by atoms with Gasteiger partial charge < -0.3 is 26.0 Å². The van der Waals surface area contributed by atoms with Crippen molar-refractivity contribution in [2.45, 2.75) is 19.0 Å². The van der Waals surface area contributed by atoms with Crippen molar-refractivity contribution in [2.24, 2.45) is 0 Å². The summed E-state index contributed by atoms with van der Waals surface area (Å²) in [5.74, 6) is -0.476. The topological polar surface area (TPSA) is 102 Å². The van der Waals surface area contributed by atoms with Crippen LogP contribution in [0.25, 0.3) is 0 Å². The molecule has 0 heterocycles. The molecule has 2 aromatic carbocycles. The van der Waals surface area contributed by atoms with Crippen molar-refractivity contribution >= 4 is 11.6 Å². The predicted molar refractivity (Wildman–Crippen MR) is 96.4 cm³/mol. The summed E-state index contributed by atoms with van der Waals surface area (Å²) < 4.78 is 0. The number of aliphatic hydroxyl groups is 3. The van der Waals surface area contributed by atoms with Crippen LogP contribution < -0.4 is 10.6 Å². The first-order valence-electron chi connectivity index (χ1n) is 8.06. The Kier molecular flexibility index (Phi) is 6.52. The first-order chi connectivity index (χ1) is 12.0. The fourth-order valence-corrected chi connectivity index (χ4v) is 2.26. The van der Waals surface area contributed by atoms with Crippen molar-refractivity contribution in [3.05, 3.63) is 65.2 Å². The molecule has 0 spiro atoms. The zero-order chi connectivity index (χ0) is 18.3. The number of carbonyl (C=O) groups is 1. The van der Waals surface area contributed by atoms with Crippen LogP contribution in [0, 0.1) is 6.92 Å². The minimum atomic E-state index is -1.44. The summed E-state index contributed by atoms with van der Waals surface area (Å²) in [6, 6.07) is 15.1. The first-order valence-corrected chi connectivity index (χ1v) is 8.06. The number of benzene rings is 2. The monoisotopic (exact) mass is 344 g/mol. The summed E-state index contributed by atoms with van der Waals surface area (Å²) in [6.45, 7) is 0.981. The predicted octanol–water partition coefficient (Wildman–Crippen LogP) is 1.05. The van der Waals surface area contributed by atoms with E-state index in [4.69, 9.17) is 0 Å². The number of hydrogen-bond acceptors (Lipinski definition) is 5. The molecular weight excluding hydrogens is 320 g/mol. The van der Waals surface area contributed by atoms with Crippen molar-refractivity contribution < 1.29 is 20.1 Å². The van der Waals surface area contributed by atoms with Gasteiger partial charge >= 0.3 is 0 Å². The van der Waals surface area contributed by atoms with Crippen LogP contribution in [0.4, 0.5) is 5.69 Å². The molecule has 0 fully saturated rings. The molecular formula is C19H24N2O4. The van der Waals surface area contributed by atoms with Crippen LogP contribution in [0.1, 0.15) is 21.5 Å². The fraction of sp³-hybridized carbons (Fsp3) is 0.316. The van der Waals surface area contributed by atoms with Crippen molar-refractivity contribution in [1.29, 1.82) is 0 Å². The Balaban J connectivity index is 2.04. The van der Waals surface area contributed by atoms with Gasteiger partial charge in [-0.05, 0) is 30.7 Å². The lowest BCUT2D eigenvalue weighted by Crippen LogP contribution is -2.57. The summed E-state index contributed by atoms with van der Waals surface area (Å²) >= 11 is 0. The molecule has 5 N–H and O–H groups in total. The number of anilines is 1. The molecule has 0 aliphatic carbocycles. The second kappa shape index (κ2) is 8.62. The number of rotatable bonds is 8. The van der Waals surface area contributed by atoms with Crippen LogP contribution in [0.2, 0.25) is 0 Å². The molecule has 1 amide bonds. The highest BCUT2D eigenvalue weighted by molar-refractivity contribution is 5.95. The third-order valence-electron chi connectivity index (χ3n) is 4.03. The molecule has 0 atom stereocenters. The van der Waals surface area contributed by atoms with Gasteiger partial charge in [-0.2, -0.15) is 0 Å². The summed E-state index contributed by atoms with van der Waals surface area (Å²) in [7, 11) is 0. The number of aliphatic hydroxyl groups excluding tert-OH is 3. The van der Waals surface area contributed by atoms with Crippen molar-refractivity contribution in [1.82, 2.24) is 5.32 Å². The second-order valence-corrected chi connectivity index (χ2v) is 6.13. The van der Waals surface area contributed by atoms with Gasteiger partial charge in [-0.3, -0.25) is 4.79 Å². The van der Waals surface area contributed by atoms with Gasteiger partial charge in [0.25, 0.3) is 5.91 Å². The van der Waals surface area contributed by atoms with Crippen LogP contribution >= 0.6 is 0 Å². The molecule has 0 saturated heterocycles. The van der Waals surface area contributed by atoms with E-state index in [9.17, 15) is 20.1 Å². The Morgan fingerprint density at radius 2 is 1.64 bits per heavy atom. The normalized spacial score (nSPS) is 11.2. The minimum Gasteiger partial charge on any atom is -0.394 e. The molecule has 134 valence electrons. The molecule has 0 aromatic heterocycles. The number of carbonyl (C=O) groups excluding carboxylic acids is 1. The van der Waals surface area contributed by atoms with Gasteiger partial charge in [0.15, 0.2) is 0 Å². The summed E-state index contributed by atoms with van der Waals surface area (Å²) in [5.41, 5.74) is 2.02. The molecule has 2 rings (SSSR count). The molecule has 2 aromatic rings. The fourth-order valence-electron chi connectivity index (χ4n) is 2.26. The van der Waals surface area contributed by atoms with Gasteiger partial charge in [0.2, 0.25) is 0 Å². The van der Waals surface area contributed by atoms with E-state index >= 15 is 0 Å². The van der Waals surface area contributed by atoms with Gasteiger partial charge in [-0.25, -0.2) is 0 Å². The van der Waals surface area contributed by atoms with E-state index in [1.165, 1.54) is 5.56 Å². The Labute approximate surface area is 147 Å². The molecule has 6 nitrogen and oxygen atoms in total. The number of amides is 1. The molecule has 0 bridgehead atoms. The Morgan fingerprint density at radius 1 is 1.00 bits per heavy atom. The molecule has 0 aliphatic rings. The van der Waals surface area contributed by atoms with E-state index in [-0.39, 0.29) is 0 Å². The van der Waals surface area contributed by atoms with E-state index in [2.05, 4.69) is 10.6 Å². The second-order valence-electron chi connectivity index (χ2n) is 6.13. The Hall–Kier alpha value is -2.41. The highest BCUT2D eigenvalue weighted by Crippen LogP contribution is 2.14. The van der Waals surface area contributed by atoms with Gasteiger partial charge in [-0.1, -0.05) is 35.9 Å². The lowest BCUT2D eigenvalue weighted by molar-refractivity contribution is 0.0375. The van der Waals surface area contributed by atoms with Gasteiger partial charge in [0.05, 0.1) is 19.8 Å². The van der Waals surface area contributed by atoms with Crippen LogP contribution in [-0.2, 0) is 6.54 Å². The molecule has 0 aliphatic heterocycles. The van der Waals surface area contributed by atoms with Crippen molar-refractivity contribution in [3.8, 4) is 0 Å². The van der Waals surface area contributed by atoms with Crippen LogP contribution in [-0.4, -0.2) is 46.6 Å². The maximum Gasteiger partial charge on any atom is 0.252 e. The van der Waals surface area contributed by atoms with E-state index in [0.717, 1.165) is 11.3 Å². The number of nitrogens with one attached hydrogen (secondary N) is 2. The smallest absolute Gasteiger partial charge is 0.252 e. The molecule has 0 unspecified atom stereocenters. The number of aryl methyl sites for hydroxylation is 1. The first kappa shape index (κ1) is 18.9. The Bertz CT molecular complexity index is 689. The lowest BCUT2D eigenvalue weighted by atomic mass is 10.0. The highest BCUT2D eigenvalue weighted by Gasteiger charge is 2.30. The van der Waals surface area contributed by atoms with E-state index in [1.807, 2.05) is 37.3 Å². The maximum absolute atomic E-state index is 12.3. The molecule has 6 heteroatoms. The minimum absolute atomic E-state index is 0.369. The van der Waals surface area contributed by atoms with Gasteiger partial charge in [-0.15, -0.1) is 0 Å². The third-order valence-corrected chi connectivity index (χ3v) is 4.03. The zero-order valence-corrected chi connectivity index (χ0v) is 14.2. The Morgan fingerprint density at radius 3 is 2.24 bits per heavy atom. The van der Waals surface area contributed by atoms with Crippen LogP contribution in [0.15, 0.2) is 48.5 Å². The average Bonchev–Trinajstić information content (AvgIpc) is 2.66. The summed E-state index contributed by atoms with van der Waals surface area (Å²) in [4.78, 5) is 12.3. The summed E-state index contributed by atoms with van der Waals surface area (Å²) in [5, 5.41) is 33.7. The number of hydrogen-bond donors (Lipinski definition) is 5. The van der Waals surface area contributed by atoms with Gasteiger partial charge in [0.1, 0.15) is 5.54 Å². The van der Waals surface area contributed by atoms with Crippen molar-refractivity contribution in [2.75, 3.05) is 25.1 Å². The maximum atomic E-state index is 12.3. The largest absolute Gasteiger partial charge is 0.394 e. The highest BCUT2D eigenvalue weighted by atomic mass is 16.3. The van der Waals surface area contributed by atoms with Crippen LogP contribution in [0.5, 0.6) is 0 Å². The third kappa shape index (κ3) is 5.03. The lowest BCUT2D eigenvalue weighted by Gasteiger charge is -2.28. The zero-order valence-electron chi connectivity index (χ0n) is 14.2. The molecule has 25 heavy (non-hydrogen) atoms. The van der Waals surface area contributed by atoms with Crippen molar-refractivity contribution in [3.63, 3.8) is 0 Å². The summed E-state index contributed by atoms with van der Waals surface area (Å²) in [6.07, 6.45) is 0. The molecule has 0 radical (unpaired) electrons. The van der Waals surface area contributed by atoms with Gasteiger partial charge in [0, 0.05) is 17.8 Å². The van der Waals surface area contributed by atoms with E-state index in [0.29, 0.717) is 12.1 Å². The SMILES string of the molecule is Cc1ccc(CNc2cccc(C(=O)NC(CO)(CO)CO)c2)cc1. The standard InChI is InChI=1S/C19H24N2O4/c1-14-5-7-15(8-6-14)10-20-17-4-2-3-16(9-17)18(25)21-19(11-22,12-23)13-24/h2-9,20,22-24H,10-13H2,1H3,(H,21,25). The molecule has 0 saturated carbocycles. The quantitative estimate of drug-likeness (QED) is 0.493. The average molecular weight is 344 g/mol.